The number of carboxylic acid groups (broad SMARTS) is 1. The molecular weight excluding hydrogens is 324 g/mol. The van der Waals surface area contributed by atoms with Gasteiger partial charge in [-0.1, -0.05) is 6.07 Å². The molecule has 1 aliphatic carbocycles. The molecule has 0 saturated heterocycles. The number of fused-ring (bicyclic) bond motifs is 1. The second kappa shape index (κ2) is 6.33. The Morgan fingerprint density at radius 3 is 2.67 bits per heavy atom. The Bertz CT molecular complexity index is 744. The van der Waals surface area contributed by atoms with Crippen LogP contribution in [0.15, 0.2) is 18.2 Å². The molecule has 0 bridgehead atoms. The topological polar surface area (TPSA) is 73.7 Å². The first-order valence-corrected chi connectivity index (χ1v) is 9.10. The average molecular weight is 348 g/mol. The molecule has 1 amide bonds. The van der Waals surface area contributed by atoms with Gasteiger partial charge < -0.3 is 10.2 Å². The molecule has 3 rings (SSSR count). The summed E-state index contributed by atoms with van der Waals surface area (Å²) in [6, 6.07) is 6.32. The van der Waals surface area contributed by atoms with E-state index in [1.807, 2.05) is 26.8 Å². The van der Waals surface area contributed by atoms with Crippen LogP contribution in [0.4, 0.5) is 4.79 Å². The zero-order valence-corrected chi connectivity index (χ0v) is 15.1. The van der Waals surface area contributed by atoms with Gasteiger partial charge in [0.15, 0.2) is 0 Å². The minimum absolute atomic E-state index is 0.279. The molecule has 1 aliphatic rings. The van der Waals surface area contributed by atoms with E-state index < -0.39 is 11.6 Å². The molecule has 0 aliphatic heterocycles. The number of nitrogens with zero attached hydrogens (tertiary/aromatic N) is 2. The summed E-state index contributed by atoms with van der Waals surface area (Å²) in [7, 11) is 0. The van der Waals surface area contributed by atoms with E-state index in [-0.39, 0.29) is 6.61 Å². The van der Waals surface area contributed by atoms with Crippen LogP contribution >= 0.6 is 11.3 Å². The molecule has 2 aromatic rings. The fourth-order valence-electron chi connectivity index (χ4n) is 3.19. The van der Waals surface area contributed by atoms with Crippen molar-refractivity contribution in [2.45, 2.75) is 51.6 Å². The Hall–Kier alpha value is -1.66. The zero-order chi connectivity index (χ0) is 17.5. The molecule has 2 N–H and O–H groups in total. The van der Waals surface area contributed by atoms with Crippen LogP contribution in [0.1, 0.15) is 50.1 Å². The molecule has 1 saturated carbocycles. The molecule has 0 spiro atoms. The first-order valence-electron chi connectivity index (χ1n) is 8.28. The number of hydrogen-bond acceptors (Lipinski definition) is 4. The normalized spacial score (nSPS) is 20.8. The molecular formula is C18H24N2O3S. The minimum Gasteiger partial charge on any atom is -0.465 e. The van der Waals surface area contributed by atoms with Crippen LogP contribution in [0.5, 0.6) is 0 Å². The number of amides is 1. The number of aliphatic hydroxyl groups is 1. The van der Waals surface area contributed by atoms with E-state index in [1.54, 1.807) is 11.3 Å². The summed E-state index contributed by atoms with van der Waals surface area (Å²) < 4.78 is 1.11. The Morgan fingerprint density at radius 1 is 1.38 bits per heavy atom. The van der Waals surface area contributed by atoms with Crippen molar-refractivity contribution in [1.29, 1.82) is 0 Å². The maximum atomic E-state index is 11.5. The minimum atomic E-state index is -0.924. The number of carbonyl (C=O) groups is 1. The Labute approximate surface area is 145 Å². The lowest BCUT2D eigenvalue weighted by atomic mass is 9.72. The summed E-state index contributed by atoms with van der Waals surface area (Å²) in [5, 5.41) is 19.4. The highest BCUT2D eigenvalue weighted by atomic mass is 32.1. The van der Waals surface area contributed by atoms with Gasteiger partial charge in [-0.05, 0) is 63.1 Å². The van der Waals surface area contributed by atoms with Crippen LogP contribution in [0.25, 0.3) is 10.2 Å². The van der Waals surface area contributed by atoms with Crippen molar-refractivity contribution >= 4 is 27.6 Å². The SMILES string of the molecule is CC(C)(C)N(Cc1nc2ccc([C@H]3C[C@H](CO)C3)cc2s1)C(=O)O. The van der Waals surface area contributed by atoms with Crippen molar-refractivity contribution in [3.63, 3.8) is 0 Å². The van der Waals surface area contributed by atoms with Crippen molar-refractivity contribution < 1.29 is 15.0 Å². The van der Waals surface area contributed by atoms with Gasteiger partial charge in [-0.3, -0.25) is 4.90 Å². The van der Waals surface area contributed by atoms with Crippen LogP contribution < -0.4 is 0 Å². The summed E-state index contributed by atoms with van der Waals surface area (Å²) >= 11 is 1.57. The monoisotopic (exact) mass is 348 g/mol. The van der Waals surface area contributed by atoms with E-state index in [0.29, 0.717) is 18.4 Å². The molecule has 1 aromatic heterocycles. The van der Waals surface area contributed by atoms with Gasteiger partial charge in [-0.25, -0.2) is 9.78 Å². The number of thiazole rings is 1. The van der Waals surface area contributed by atoms with E-state index in [4.69, 9.17) is 5.11 Å². The predicted octanol–water partition coefficient (Wildman–Crippen LogP) is 4.06. The van der Waals surface area contributed by atoms with Crippen molar-refractivity contribution in [2.24, 2.45) is 5.92 Å². The van der Waals surface area contributed by atoms with Gasteiger partial charge >= 0.3 is 6.09 Å². The summed E-state index contributed by atoms with van der Waals surface area (Å²) in [6.07, 6.45) is 1.17. The van der Waals surface area contributed by atoms with Crippen LogP contribution in [0.3, 0.4) is 0 Å². The van der Waals surface area contributed by atoms with Crippen LogP contribution in [0, 0.1) is 5.92 Å². The van der Waals surface area contributed by atoms with Gasteiger partial charge in [0, 0.05) is 12.1 Å². The second-order valence-electron chi connectivity index (χ2n) is 7.59. The molecule has 1 heterocycles. The number of aromatic nitrogens is 1. The first kappa shape index (κ1) is 17.2. The van der Waals surface area contributed by atoms with Gasteiger partial charge in [0.2, 0.25) is 0 Å². The molecule has 0 atom stereocenters. The van der Waals surface area contributed by atoms with Gasteiger partial charge in [0.25, 0.3) is 0 Å². The van der Waals surface area contributed by atoms with E-state index >= 15 is 0 Å². The molecule has 0 unspecified atom stereocenters. The Morgan fingerprint density at radius 2 is 2.08 bits per heavy atom. The van der Waals surface area contributed by atoms with Gasteiger partial charge in [0.05, 0.1) is 16.8 Å². The highest BCUT2D eigenvalue weighted by Gasteiger charge is 2.30. The lowest BCUT2D eigenvalue weighted by Gasteiger charge is -2.34. The molecule has 5 nitrogen and oxygen atoms in total. The molecule has 6 heteroatoms. The predicted molar refractivity (Wildman–Crippen MR) is 95.5 cm³/mol. The largest absolute Gasteiger partial charge is 0.465 e. The molecule has 1 aromatic carbocycles. The fourth-order valence-corrected chi connectivity index (χ4v) is 4.20. The van der Waals surface area contributed by atoms with Gasteiger partial charge in [-0.2, -0.15) is 0 Å². The second-order valence-corrected chi connectivity index (χ2v) is 8.71. The summed E-state index contributed by atoms with van der Waals surface area (Å²) in [5.74, 6) is 0.973. The summed E-state index contributed by atoms with van der Waals surface area (Å²) in [4.78, 5) is 17.5. The van der Waals surface area contributed by atoms with Crippen molar-refractivity contribution in [1.82, 2.24) is 9.88 Å². The zero-order valence-electron chi connectivity index (χ0n) is 14.3. The van der Waals surface area contributed by atoms with E-state index in [0.717, 1.165) is 28.1 Å². The highest BCUT2D eigenvalue weighted by molar-refractivity contribution is 7.18. The number of benzene rings is 1. The third-order valence-electron chi connectivity index (χ3n) is 4.76. The third kappa shape index (κ3) is 3.39. The highest BCUT2D eigenvalue weighted by Crippen LogP contribution is 2.42. The quantitative estimate of drug-likeness (QED) is 0.874. The summed E-state index contributed by atoms with van der Waals surface area (Å²) in [5.41, 5.74) is 1.77. The van der Waals surface area contributed by atoms with E-state index in [2.05, 4.69) is 17.1 Å². The molecule has 130 valence electrons. The smallest absolute Gasteiger partial charge is 0.408 e. The standard InChI is InChI=1S/C18H24N2O3S/c1-18(2,3)20(17(22)23)9-16-19-14-5-4-12(8-15(14)24-16)13-6-11(7-13)10-21/h4-5,8,11,13,21H,6-7,9-10H2,1-3H3,(H,22,23)/t11-,13-. The van der Waals surface area contributed by atoms with E-state index in [1.165, 1.54) is 10.5 Å². The van der Waals surface area contributed by atoms with Gasteiger partial charge in [-0.15, -0.1) is 11.3 Å². The van der Waals surface area contributed by atoms with Crippen LogP contribution in [-0.4, -0.2) is 38.3 Å². The van der Waals surface area contributed by atoms with Crippen molar-refractivity contribution in [3.8, 4) is 0 Å². The maximum Gasteiger partial charge on any atom is 0.408 e. The number of aliphatic hydroxyl groups excluding tert-OH is 1. The van der Waals surface area contributed by atoms with Crippen molar-refractivity contribution in [3.05, 3.63) is 28.8 Å². The third-order valence-corrected chi connectivity index (χ3v) is 5.76. The molecule has 1 fully saturated rings. The lowest BCUT2D eigenvalue weighted by Crippen LogP contribution is -2.44. The van der Waals surface area contributed by atoms with Crippen molar-refractivity contribution in [2.75, 3.05) is 6.61 Å². The molecule has 24 heavy (non-hydrogen) atoms. The maximum absolute atomic E-state index is 11.5. The average Bonchev–Trinajstić information content (AvgIpc) is 2.84. The van der Waals surface area contributed by atoms with Crippen LogP contribution in [-0.2, 0) is 6.54 Å². The van der Waals surface area contributed by atoms with Crippen LogP contribution in [0.2, 0.25) is 0 Å². The van der Waals surface area contributed by atoms with E-state index in [9.17, 15) is 9.90 Å². The first-order chi connectivity index (χ1) is 11.3. The fraction of sp³-hybridized carbons (Fsp3) is 0.556. The van der Waals surface area contributed by atoms with Gasteiger partial charge in [0.1, 0.15) is 5.01 Å². The number of hydrogen-bond donors (Lipinski definition) is 2. The Kier molecular flexibility index (Phi) is 4.53. The number of rotatable bonds is 4. The Balaban J connectivity index is 1.80. The summed E-state index contributed by atoms with van der Waals surface area (Å²) in [6.45, 7) is 6.26. The lowest BCUT2D eigenvalue weighted by molar-refractivity contribution is 0.0955. The molecule has 0 radical (unpaired) electrons.